The minimum Gasteiger partial charge on any atom is -0.497 e. The molecule has 2 rings (SSSR count). The molecular weight excluding hydrogens is 254 g/mol. The van der Waals surface area contributed by atoms with Crippen molar-refractivity contribution in [3.8, 4) is 5.75 Å². The number of carbonyl (C=O) groups excluding carboxylic acids is 1. The van der Waals surface area contributed by atoms with E-state index in [1.165, 1.54) is 6.20 Å². The van der Waals surface area contributed by atoms with Crippen LogP contribution in [0, 0.1) is 0 Å². The second-order valence-electron chi connectivity index (χ2n) is 3.40. The van der Waals surface area contributed by atoms with E-state index in [2.05, 4.69) is 15.3 Å². The fourth-order valence-corrected chi connectivity index (χ4v) is 1.50. The van der Waals surface area contributed by atoms with Gasteiger partial charge in [-0.15, -0.1) is 0 Å². The van der Waals surface area contributed by atoms with Crippen LogP contribution in [0.4, 0.5) is 5.82 Å². The summed E-state index contributed by atoms with van der Waals surface area (Å²) in [5.74, 6) is 0.676. The zero-order valence-corrected chi connectivity index (χ0v) is 10.3. The van der Waals surface area contributed by atoms with Crippen molar-refractivity contribution in [1.29, 1.82) is 0 Å². The molecule has 1 heterocycles. The highest BCUT2D eigenvalue weighted by Gasteiger charge is 2.08. The molecule has 1 aromatic heterocycles. The summed E-state index contributed by atoms with van der Waals surface area (Å²) in [6, 6.07) is 8.38. The van der Waals surface area contributed by atoms with E-state index < -0.39 is 0 Å². The topological polar surface area (TPSA) is 64.1 Å². The molecule has 0 saturated carbocycles. The van der Waals surface area contributed by atoms with Crippen molar-refractivity contribution in [2.75, 3.05) is 12.4 Å². The molecule has 0 saturated heterocycles. The summed E-state index contributed by atoms with van der Waals surface area (Å²) in [6.07, 6.45) is 1.47. The average molecular weight is 264 g/mol. The molecule has 1 aromatic carbocycles. The summed E-state index contributed by atoms with van der Waals surface area (Å²) in [6.45, 7) is 0. The van der Waals surface area contributed by atoms with Crippen LogP contribution in [-0.2, 0) is 0 Å². The molecule has 5 nitrogen and oxygen atoms in total. The van der Waals surface area contributed by atoms with Crippen LogP contribution in [-0.4, -0.2) is 23.0 Å². The number of aromatic nitrogens is 2. The third kappa shape index (κ3) is 2.95. The molecule has 0 bridgehead atoms. The van der Waals surface area contributed by atoms with Gasteiger partial charge in [-0.1, -0.05) is 6.07 Å². The van der Waals surface area contributed by atoms with Crippen LogP contribution in [0.5, 0.6) is 5.75 Å². The molecule has 0 aliphatic rings. The van der Waals surface area contributed by atoms with Crippen molar-refractivity contribution in [2.24, 2.45) is 0 Å². The van der Waals surface area contributed by atoms with Gasteiger partial charge in [0.05, 0.1) is 7.11 Å². The number of anilines is 1. The Labute approximate surface area is 109 Å². The van der Waals surface area contributed by atoms with E-state index in [0.717, 1.165) is 0 Å². The molecule has 92 valence electrons. The minimum absolute atomic E-state index is 0.0819. The first-order valence-electron chi connectivity index (χ1n) is 5.13. The molecule has 0 spiro atoms. The molecule has 6 heteroatoms. The van der Waals surface area contributed by atoms with Crippen LogP contribution in [0.1, 0.15) is 10.4 Å². The van der Waals surface area contributed by atoms with Crippen LogP contribution in [0.25, 0.3) is 0 Å². The molecule has 1 N–H and O–H groups in total. The third-order valence-electron chi connectivity index (χ3n) is 2.20. The number of nitrogens with one attached hydrogen (secondary N) is 1. The third-order valence-corrected chi connectivity index (χ3v) is 2.38. The number of hydrogen-bond acceptors (Lipinski definition) is 4. The normalized spacial score (nSPS) is 9.89. The second-order valence-corrected chi connectivity index (χ2v) is 3.74. The first kappa shape index (κ1) is 12.3. The van der Waals surface area contributed by atoms with Gasteiger partial charge >= 0.3 is 0 Å². The molecule has 0 atom stereocenters. The SMILES string of the molecule is COc1cccc(C(=O)Nc2ccnc(Cl)n2)c1. The summed E-state index contributed by atoms with van der Waals surface area (Å²) in [4.78, 5) is 19.5. The van der Waals surface area contributed by atoms with Crippen LogP contribution in [0.15, 0.2) is 36.5 Å². The van der Waals surface area contributed by atoms with Crippen molar-refractivity contribution in [3.63, 3.8) is 0 Å². The molecule has 18 heavy (non-hydrogen) atoms. The number of amides is 1. The van der Waals surface area contributed by atoms with Gasteiger partial charge in [-0.05, 0) is 35.9 Å². The molecular formula is C12H10ClN3O2. The number of ether oxygens (including phenoxy) is 1. The Morgan fingerprint density at radius 1 is 1.39 bits per heavy atom. The molecule has 0 aliphatic carbocycles. The summed E-state index contributed by atoms with van der Waals surface area (Å²) in [7, 11) is 1.54. The fourth-order valence-electron chi connectivity index (χ4n) is 1.36. The smallest absolute Gasteiger partial charge is 0.256 e. The number of hydrogen-bond donors (Lipinski definition) is 1. The van der Waals surface area contributed by atoms with E-state index in [1.54, 1.807) is 37.4 Å². The number of halogens is 1. The number of carbonyl (C=O) groups is 1. The van der Waals surface area contributed by atoms with E-state index in [0.29, 0.717) is 17.1 Å². The number of methoxy groups -OCH3 is 1. The molecule has 0 fully saturated rings. The number of rotatable bonds is 3. The van der Waals surface area contributed by atoms with E-state index in [4.69, 9.17) is 16.3 Å². The quantitative estimate of drug-likeness (QED) is 0.864. The minimum atomic E-state index is -0.288. The van der Waals surface area contributed by atoms with Crippen LogP contribution >= 0.6 is 11.6 Å². The predicted molar refractivity (Wildman–Crippen MR) is 68.0 cm³/mol. The number of benzene rings is 1. The maximum absolute atomic E-state index is 11.9. The summed E-state index contributed by atoms with van der Waals surface area (Å²) >= 11 is 5.63. The molecule has 2 aromatic rings. The van der Waals surface area contributed by atoms with Gasteiger partial charge in [0, 0.05) is 11.8 Å². The predicted octanol–water partition coefficient (Wildman–Crippen LogP) is 2.39. The van der Waals surface area contributed by atoms with Crippen molar-refractivity contribution >= 4 is 23.3 Å². The lowest BCUT2D eigenvalue weighted by Crippen LogP contribution is -2.13. The zero-order chi connectivity index (χ0) is 13.0. The van der Waals surface area contributed by atoms with E-state index >= 15 is 0 Å². The highest BCUT2D eigenvalue weighted by Crippen LogP contribution is 2.14. The lowest BCUT2D eigenvalue weighted by atomic mass is 10.2. The van der Waals surface area contributed by atoms with Gasteiger partial charge in [-0.2, -0.15) is 0 Å². The van der Waals surface area contributed by atoms with Crippen LogP contribution < -0.4 is 10.1 Å². The maximum atomic E-state index is 11.9. The van der Waals surface area contributed by atoms with Crippen molar-refractivity contribution in [2.45, 2.75) is 0 Å². The Hall–Kier alpha value is -2.14. The van der Waals surface area contributed by atoms with E-state index in [1.807, 2.05) is 0 Å². The Kier molecular flexibility index (Phi) is 3.74. The monoisotopic (exact) mass is 263 g/mol. The zero-order valence-electron chi connectivity index (χ0n) is 9.55. The Bertz CT molecular complexity index is 575. The molecule has 0 aliphatic heterocycles. The van der Waals surface area contributed by atoms with Gasteiger partial charge in [0.1, 0.15) is 11.6 Å². The fraction of sp³-hybridized carbons (Fsp3) is 0.0833. The lowest BCUT2D eigenvalue weighted by molar-refractivity contribution is 0.102. The van der Waals surface area contributed by atoms with Gasteiger partial charge in [0.15, 0.2) is 0 Å². The van der Waals surface area contributed by atoms with Crippen LogP contribution in [0.3, 0.4) is 0 Å². The molecule has 0 unspecified atom stereocenters. The standard InChI is InChI=1S/C12H10ClN3O2/c1-18-9-4-2-3-8(7-9)11(17)15-10-5-6-14-12(13)16-10/h2-7H,1H3,(H,14,15,16,17). The summed E-state index contributed by atoms with van der Waals surface area (Å²) < 4.78 is 5.05. The highest BCUT2D eigenvalue weighted by molar-refractivity contribution is 6.28. The van der Waals surface area contributed by atoms with Gasteiger partial charge in [-0.25, -0.2) is 9.97 Å². The van der Waals surface area contributed by atoms with Gasteiger partial charge in [0.25, 0.3) is 5.91 Å². The summed E-state index contributed by atoms with van der Waals surface area (Å²) in [5, 5.41) is 2.70. The van der Waals surface area contributed by atoms with Gasteiger partial charge < -0.3 is 10.1 Å². The first-order valence-corrected chi connectivity index (χ1v) is 5.51. The van der Waals surface area contributed by atoms with Crippen LogP contribution in [0.2, 0.25) is 5.28 Å². The van der Waals surface area contributed by atoms with Gasteiger partial charge in [-0.3, -0.25) is 4.79 Å². The Balaban J connectivity index is 2.16. The van der Waals surface area contributed by atoms with Gasteiger partial charge in [0.2, 0.25) is 5.28 Å². The largest absolute Gasteiger partial charge is 0.497 e. The molecule has 1 amide bonds. The molecule has 0 radical (unpaired) electrons. The number of nitrogens with zero attached hydrogens (tertiary/aromatic N) is 2. The summed E-state index contributed by atoms with van der Waals surface area (Å²) in [5.41, 5.74) is 0.476. The van der Waals surface area contributed by atoms with E-state index in [9.17, 15) is 4.79 Å². The average Bonchev–Trinajstić information content (AvgIpc) is 2.39. The maximum Gasteiger partial charge on any atom is 0.256 e. The Morgan fingerprint density at radius 3 is 2.94 bits per heavy atom. The highest BCUT2D eigenvalue weighted by atomic mass is 35.5. The van der Waals surface area contributed by atoms with Crippen molar-refractivity contribution in [3.05, 3.63) is 47.4 Å². The van der Waals surface area contributed by atoms with Crippen molar-refractivity contribution in [1.82, 2.24) is 9.97 Å². The van der Waals surface area contributed by atoms with E-state index in [-0.39, 0.29) is 11.2 Å². The van der Waals surface area contributed by atoms with Crippen molar-refractivity contribution < 1.29 is 9.53 Å². The first-order chi connectivity index (χ1) is 8.69. The lowest BCUT2D eigenvalue weighted by Gasteiger charge is -2.05. The Morgan fingerprint density at radius 2 is 2.22 bits per heavy atom. The second kappa shape index (κ2) is 5.46.